The van der Waals surface area contributed by atoms with Crippen molar-refractivity contribution in [2.45, 2.75) is 26.9 Å². The second-order valence-corrected chi connectivity index (χ2v) is 9.28. The van der Waals surface area contributed by atoms with Gasteiger partial charge in [-0.2, -0.15) is 0 Å². The third-order valence-corrected chi connectivity index (χ3v) is 6.67. The first kappa shape index (κ1) is 25.3. The lowest BCUT2D eigenvalue weighted by Crippen LogP contribution is -2.33. The number of rotatable bonds is 7. The average Bonchev–Trinajstić information content (AvgIpc) is 3.43. The summed E-state index contributed by atoms with van der Waals surface area (Å²) < 4.78 is 26.4. The summed E-state index contributed by atoms with van der Waals surface area (Å²) in [7, 11) is 3.18. The zero-order chi connectivity index (χ0) is 26.8. The Morgan fingerprint density at radius 2 is 1.76 bits per heavy atom. The van der Waals surface area contributed by atoms with Crippen LogP contribution in [0.25, 0.3) is 22.0 Å². The lowest BCUT2D eigenvalue weighted by atomic mass is 9.95. The second kappa shape index (κ2) is 10.5. The van der Waals surface area contributed by atoms with Crippen LogP contribution in [0.2, 0.25) is 0 Å². The number of halogens is 1. The number of benzene rings is 3. The van der Waals surface area contributed by atoms with Gasteiger partial charge in [0.2, 0.25) is 0 Å². The molecule has 3 aromatic carbocycles. The Kier molecular flexibility index (Phi) is 7.00. The second-order valence-electron chi connectivity index (χ2n) is 9.28. The monoisotopic (exact) mass is 515 g/mol. The SMILES string of the molecule is COc1cc(Cn2c(C)nc3c(-c4ccc(F)cc4C)cc(CNC4=NCCN4)cc3c2=O)cc(OC)c1. The molecule has 0 unspecified atom stereocenters. The van der Waals surface area contributed by atoms with Crippen LogP contribution >= 0.6 is 0 Å². The average molecular weight is 516 g/mol. The molecular formula is C29H30FN5O3. The molecule has 0 fully saturated rings. The number of nitrogens with zero attached hydrogens (tertiary/aromatic N) is 3. The maximum absolute atomic E-state index is 13.9. The van der Waals surface area contributed by atoms with E-state index >= 15 is 0 Å². The molecule has 4 aromatic rings. The van der Waals surface area contributed by atoms with Crippen LogP contribution in [0.5, 0.6) is 11.5 Å². The third kappa shape index (κ3) is 5.04. The number of ether oxygens (including phenoxy) is 2. The molecule has 1 aliphatic heterocycles. The van der Waals surface area contributed by atoms with Gasteiger partial charge in [-0.1, -0.05) is 6.07 Å². The van der Waals surface area contributed by atoms with Gasteiger partial charge in [0, 0.05) is 24.7 Å². The first-order chi connectivity index (χ1) is 18.4. The van der Waals surface area contributed by atoms with Crippen molar-refractivity contribution in [1.29, 1.82) is 0 Å². The highest BCUT2D eigenvalue weighted by Gasteiger charge is 2.17. The Labute approximate surface area is 220 Å². The quantitative estimate of drug-likeness (QED) is 0.388. The fraction of sp³-hybridized carbons (Fsp3) is 0.276. The lowest BCUT2D eigenvalue weighted by molar-refractivity contribution is 0.393. The molecule has 8 nitrogen and oxygen atoms in total. The highest BCUT2D eigenvalue weighted by Crippen LogP contribution is 2.31. The predicted octanol–water partition coefficient (Wildman–Crippen LogP) is 3.93. The van der Waals surface area contributed by atoms with Crippen molar-refractivity contribution < 1.29 is 13.9 Å². The normalized spacial score (nSPS) is 12.8. The number of fused-ring (bicyclic) bond motifs is 1. The summed E-state index contributed by atoms with van der Waals surface area (Å²) >= 11 is 0. The van der Waals surface area contributed by atoms with Gasteiger partial charge in [0.1, 0.15) is 23.1 Å². The first-order valence-electron chi connectivity index (χ1n) is 12.4. The van der Waals surface area contributed by atoms with Crippen molar-refractivity contribution in [3.05, 3.63) is 87.2 Å². The van der Waals surface area contributed by atoms with Crippen molar-refractivity contribution in [2.24, 2.45) is 4.99 Å². The largest absolute Gasteiger partial charge is 0.497 e. The highest BCUT2D eigenvalue weighted by molar-refractivity contribution is 5.95. The van der Waals surface area contributed by atoms with E-state index in [1.165, 1.54) is 12.1 Å². The molecule has 2 heterocycles. The molecule has 0 bridgehead atoms. The molecule has 196 valence electrons. The van der Waals surface area contributed by atoms with Gasteiger partial charge in [0.25, 0.3) is 5.56 Å². The van der Waals surface area contributed by atoms with E-state index in [0.29, 0.717) is 41.3 Å². The van der Waals surface area contributed by atoms with Gasteiger partial charge in [-0.15, -0.1) is 0 Å². The molecule has 0 saturated carbocycles. The Morgan fingerprint density at radius 3 is 2.42 bits per heavy atom. The van der Waals surface area contributed by atoms with E-state index in [2.05, 4.69) is 15.6 Å². The number of aliphatic imine (C=N–C) groups is 1. The van der Waals surface area contributed by atoms with Crippen LogP contribution in [0, 0.1) is 19.7 Å². The summed E-state index contributed by atoms with van der Waals surface area (Å²) in [6, 6.07) is 14.1. The summed E-state index contributed by atoms with van der Waals surface area (Å²) in [6.07, 6.45) is 0. The Morgan fingerprint density at radius 1 is 1.00 bits per heavy atom. The molecule has 0 spiro atoms. The van der Waals surface area contributed by atoms with Crippen molar-refractivity contribution in [3.8, 4) is 22.6 Å². The van der Waals surface area contributed by atoms with Gasteiger partial charge < -0.3 is 20.1 Å². The van der Waals surface area contributed by atoms with Gasteiger partial charge in [-0.25, -0.2) is 9.37 Å². The summed E-state index contributed by atoms with van der Waals surface area (Å²) in [5, 5.41) is 6.99. The number of nitrogens with one attached hydrogen (secondary N) is 2. The van der Waals surface area contributed by atoms with Gasteiger partial charge >= 0.3 is 0 Å². The van der Waals surface area contributed by atoms with Crippen LogP contribution in [0.3, 0.4) is 0 Å². The number of hydrogen-bond acceptors (Lipinski definition) is 7. The van der Waals surface area contributed by atoms with Gasteiger partial charge in [-0.3, -0.25) is 14.4 Å². The Bertz CT molecular complexity index is 1590. The van der Waals surface area contributed by atoms with Crippen LogP contribution in [-0.2, 0) is 13.1 Å². The number of methoxy groups -OCH3 is 2. The molecule has 5 rings (SSSR count). The molecular weight excluding hydrogens is 485 g/mol. The first-order valence-corrected chi connectivity index (χ1v) is 12.4. The zero-order valence-corrected chi connectivity index (χ0v) is 21.9. The Hall–Kier alpha value is -4.40. The van der Waals surface area contributed by atoms with Gasteiger partial charge in [-0.05, 0) is 72.5 Å². The molecule has 1 aliphatic rings. The van der Waals surface area contributed by atoms with E-state index in [4.69, 9.17) is 14.5 Å². The van der Waals surface area contributed by atoms with E-state index in [0.717, 1.165) is 46.9 Å². The summed E-state index contributed by atoms with van der Waals surface area (Å²) in [4.78, 5) is 23.2. The summed E-state index contributed by atoms with van der Waals surface area (Å²) in [6.45, 7) is 5.96. The number of hydrogen-bond donors (Lipinski definition) is 2. The zero-order valence-electron chi connectivity index (χ0n) is 21.9. The van der Waals surface area contributed by atoms with Crippen LogP contribution < -0.4 is 25.7 Å². The maximum Gasteiger partial charge on any atom is 0.261 e. The minimum absolute atomic E-state index is 0.159. The topological polar surface area (TPSA) is 89.8 Å². The van der Waals surface area contributed by atoms with Crippen LogP contribution in [-0.4, -0.2) is 42.8 Å². The highest BCUT2D eigenvalue weighted by atomic mass is 19.1. The van der Waals surface area contributed by atoms with Crippen molar-refractivity contribution in [2.75, 3.05) is 27.3 Å². The third-order valence-electron chi connectivity index (χ3n) is 6.67. The molecule has 0 saturated heterocycles. The fourth-order valence-corrected chi connectivity index (χ4v) is 4.76. The number of guanidine groups is 1. The molecule has 2 N–H and O–H groups in total. The van der Waals surface area contributed by atoms with E-state index in [-0.39, 0.29) is 11.4 Å². The minimum Gasteiger partial charge on any atom is -0.497 e. The molecule has 1 aromatic heterocycles. The summed E-state index contributed by atoms with van der Waals surface area (Å²) in [5.41, 5.74) is 4.56. The number of aromatic nitrogens is 2. The van der Waals surface area contributed by atoms with Gasteiger partial charge in [0.05, 0.1) is 38.2 Å². The smallest absolute Gasteiger partial charge is 0.261 e. The molecule has 0 aliphatic carbocycles. The van der Waals surface area contributed by atoms with E-state index in [9.17, 15) is 9.18 Å². The van der Waals surface area contributed by atoms with Crippen molar-refractivity contribution in [3.63, 3.8) is 0 Å². The fourth-order valence-electron chi connectivity index (χ4n) is 4.76. The molecule has 0 radical (unpaired) electrons. The van der Waals surface area contributed by atoms with E-state index in [1.807, 2.05) is 38.1 Å². The molecule has 0 amide bonds. The standard InChI is InChI=1S/C29H30FN5O3/c1-17-9-21(30)5-6-24(17)25-12-19(15-33-29-31-7-8-32-29)13-26-27(25)34-18(2)35(28(26)36)16-20-10-22(37-3)14-23(11-20)38-4/h5-6,9-14H,7-8,15-16H2,1-4H3,(H2,31,32,33). The lowest BCUT2D eigenvalue weighted by Gasteiger charge is -2.17. The molecule has 0 atom stereocenters. The van der Waals surface area contributed by atoms with Crippen LogP contribution in [0.15, 0.2) is 58.3 Å². The maximum atomic E-state index is 13.9. The predicted molar refractivity (Wildman–Crippen MR) is 147 cm³/mol. The van der Waals surface area contributed by atoms with Crippen molar-refractivity contribution >= 4 is 16.9 Å². The number of aryl methyl sites for hydroxylation is 2. The van der Waals surface area contributed by atoms with E-state index in [1.54, 1.807) is 30.9 Å². The van der Waals surface area contributed by atoms with Gasteiger partial charge in [0.15, 0.2) is 5.96 Å². The van der Waals surface area contributed by atoms with Crippen LogP contribution in [0.1, 0.15) is 22.5 Å². The molecule has 38 heavy (non-hydrogen) atoms. The van der Waals surface area contributed by atoms with E-state index < -0.39 is 0 Å². The Balaban J connectivity index is 1.65. The molecule has 9 heteroatoms. The summed E-state index contributed by atoms with van der Waals surface area (Å²) in [5.74, 6) is 2.28. The minimum atomic E-state index is -0.307. The van der Waals surface area contributed by atoms with Crippen LogP contribution in [0.4, 0.5) is 4.39 Å². The van der Waals surface area contributed by atoms with Crippen molar-refractivity contribution in [1.82, 2.24) is 20.2 Å².